The smallest absolute Gasteiger partial charge is 0.270 e. The molecule has 22 heavy (non-hydrogen) atoms. The monoisotopic (exact) mass is 354 g/mol. The van der Waals surface area contributed by atoms with Crippen LogP contribution in [0, 0.1) is 0 Å². The van der Waals surface area contributed by atoms with Crippen molar-refractivity contribution in [2.24, 2.45) is 0 Å². The average molecular weight is 355 g/mol. The number of carbonyl (C=O) groups excluding carboxylic acids is 1. The number of benzene rings is 1. The first kappa shape index (κ1) is 16.5. The van der Waals surface area contributed by atoms with Gasteiger partial charge in [-0.15, -0.1) is 0 Å². The number of amides is 1. The highest BCUT2D eigenvalue weighted by atomic mass is 35.5. The lowest BCUT2D eigenvalue weighted by Gasteiger charge is -2.12. The zero-order valence-electron chi connectivity index (χ0n) is 11.5. The van der Waals surface area contributed by atoms with E-state index in [1.54, 1.807) is 37.4 Å². The van der Waals surface area contributed by atoms with Gasteiger partial charge in [0.25, 0.3) is 5.91 Å². The largest absolute Gasteiger partial charge is 0.364 e. The maximum Gasteiger partial charge on any atom is 0.270 e. The predicted molar refractivity (Wildman–Crippen MR) is 92.0 cm³/mol. The highest BCUT2D eigenvalue weighted by Crippen LogP contribution is 2.27. The zero-order valence-corrected chi connectivity index (χ0v) is 13.8. The van der Waals surface area contributed by atoms with Crippen molar-refractivity contribution in [3.05, 3.63) is 52.3 Å². The van der Waals surface area contributed by atoms with Crippen LogP contribution in [0.5, 0.6) is 0 Å². The van der Waals surface area contributed by atoms with Gasteiger partial charge in [-0.05, 0) is 41.5 Å². The normalized spacial score (nSPS) is 9.95. The van der Waals surface area contributed by atoms with Crippen LogP contribution in [0.15, 0.2) is 36.4 Å². The van der Waals surface area contributed by atoms with Gasteiger partial charge in [-0.25, -0.2) is 4.98 Å². The molecular formula is C14H12Cl2N4OS. The van der Waals surface area contributed by atoms with Gasteiger partial charge in [-0.3, -0.25) is 15.6 Å². The number of halogens is 2. The second-order valence-electron chi connectivity index (χ2n) is 4.21. The Balaban J connectivity index is 2.34. The number of nitrogens with zero attached hydrogens (tertiary/aromatic N) is 1. The summed E-state index contributed by atoms with van der Waals surface area (Å²) in [5.41, 5.74) is 6.94. The molecule has 2 rings (SSSR count). The first-order valence-corrected chi connectivity index (χ1v) is 7.38. The molecule has 1 aromatic carbocycles. The molecule has 114 valence electrons. The van der Waals surface area contributed by atoms with E-state index in [1.807, 2.05) is 6.07 Å². The molecule has 0 aliphatic heterocycles. The highest BCUT2D eigenvalue weighted by molar-refractivity contribution is 7.80. The van der Waals surface area contributed by atoms with Gasteiger partial charge in [0, 0.05) is 12.6 Å². The molecule has 1 aromatic heterocycles. The molecule has 8 heteroatoms. The fourth-order valence-electron chi connectivity index (χ4n) is 1.80. The fraction of sp³-hybridized carbons (Fsp3) is 0.0714. The third-order valence-electron chi connectivity index (χ3n) is 2.76. The predicted octanol–water partition coefficient (Wildman–Crippen LogP) is 2.79. The van der Waals surface area contributed by atoms with E-state index in [9.17, 15) is 4.79 Å². The van der Waals surface area contributed by atoms with Crippen LogP contribution in [-0.4, -0.2) is 23.1 Å². The topological polar surface area (TPSA) is 66.0 Å². The zero-order chi connectivity index (χ0) is 16.1. The summed E-state index contributed by atoms with van der Waals surface area (Å²) in [6.45, 7) is 0. The molecule has 0 aliphatic rings. The fourth-order valence-corrected chi connectivity index (χ4v) is 2.31. The average Bonchev–Trinajstić information content (AvgIpc) is 2.51. The van der Waals surface area contributed by atoms with Crippen molar-refractivity contribution < 1.29 is 4.79 Å². The Labute approximate surface area is 143 Å². The van der Waals surface area contributed by atoms with E-state index in [2.05, 4.69) is 21.2 Å². The van der Waals surface area contributed by atoms with Crippen LogP contribution >= 0.6 is 35.4 Å². The highest BCUT2D eigenvalue weighted by Gasteiger charge is 2.13. The van der Waals surface area contributed by atoms with Gasteiger partial charge in [0.15, 0.2) is 5.11 Å². The molecule has 0 bridgehead atoms. The summed E-state index contributed by atoms with van der Waals surface area (Å²) in [6, 6.07) is 10.4. The number of rotatable bonds is 2. The molecule has 1 heterocycles. The summed E-state index contributed by atoms with van der Waals surface area (Å²) in [5.74, 6) is -0.336. The number of hydrazine groups is 1. The molecule has 2 aromatic rings. The molecule has 3 N–H and O–H groups in total. The van der Waals surface area contributed by atoms with E-state index in [0.29, 0.717) is 21.8 Å². The number of nitrogens with one attached hydrogen (secondary N) is 3. The second-order valence-corrected chi connectivity index (χ2v) is 5.39. The van der Waals surface area contributed by atoms with Crippen LogP contribution in [0.25, 0.3) is 11.1 Å². The van der Waals surface area contributed by atoms with Crippen molar-refractivity contribution in [2.45, 2.75) is 0 Å². The number of hydrogen-bond donors (Lipinski definition) is 3. The van der Waals surface area contributed by atoms with Crippen LogP contribution in [0.3, 0.4) is 0 Å². The van der Waals surface area contributed by atoms with Crippen LogP contribution in [-0.2, 0) is 0 Å². The standard InChI is InChI=1S/C14H12Cl2N4OS/c1-17-14(22)20-19-13(21)10-5-3-2-4-9(10)8-6-11(15)18-12(16)7-8/h2-7H,1H3,(H,19,21)(H2,17,20,22). The molecule has 0 saturated carbocycles. The van der Waals surface area contributed by atoms with Crippen LogP contribution < -0.4 is 16.2 Å². The summed E-state index contributed by atoms with van der Waals surface area (Å²) in [5, 5.41) is 3.52. The number of carbonyl (C=O) groups is 1. The first-order chi connectivity index (χ1) is 10.5. The minimum Gasteiger partial charge on any atom is -0.364 e. The van der Waals surface area contributed by atoms with E-state index in [-0.39, 0.29) is 16.2 Å². The number of thiocarbonyl (C=S) groups is 1. The summed E-state index contributed by atoms with van der Waals surface area (Å²) in [6.07, 6.45) is 0. The van der Waals surface area contributed by atoms with Crippen LogP contribution in [0.4, 0.5) is 0 Å². The van der Waals surface area contributed by atoms with Crippen LogP contribution in [0.1, 0.15) is 10.4 Å². The van der Waals surface area contributed by atoms with Gasteiger partial charge < -0.3 is 5.32 Å². The molecule has 0 atom stereocenters. The maximum absolute atomic E-state index is 12.3. The quantitative estimate of drug-likeness (QED) is 0.439. The van der Waals surface area contributed by atoms with E-state index < -0.39 is 0 Å². The second kappa shape index (κ2) is 7.40. The van der Waals surface area contributed by atoms with Gasteiger partial charge in [0.2, 0.25) is 0 Å². The Morgan fingerprint density at radius 1 is 1.14 bits per heavy atom. The maximum atomic E-state index is 12.3. The lowest BCUT2D eigenvalue weighted by atomic mass is 10.0. The van der Waals surface area contributed by atoms with Crippen molar-refractivity contribution in [3.8, 4) is 11.1 Å². The Hall–Kier alpha value is -1.89. The molecule has 5 nitrogen and oxygen atoms in total. The Morgan fingerprint density at radius 3 is 2.41 bits per heavy atom. The minimum absolute atomic E-state index is 0.257. The van der Waals surface area contributed by atoms with Gasteiger partial charge in [-0.2, -0.15) is 0 Å². The minimum atomic E-state index is -0.336. The number of pyridine rings is 1. The summed E-state index contributed by atoms with van der Waals surface area (Å²) in [7, 11) is 1.65. The lowest BCUT2D eigenvalue weighted by molar-refractivity contribution is 0.0944. The molecule has 0 radical (unpaired) electrons. The van der Waals surface area contributed by atoms with Gasteiger partial charge >= 0.3 is 0 Å². The Bertz CT molecular complexity index is 703. The Kier molecular flexibility index (Phi) is 5.54. The lowest BCUT2D eigenvalue weighted by Crippen LogP contribution is -2.45. The molecule has 0 saturated heterocycles. The summed E-state index contributed by atoms with van der Waals surface area (Å²) < 4.78 is 0. The Morgan fingerprint density at radius 2 is 1.77 bits per heavy atom. The van der Waals surface area contributed by atoms with Crippen molar-refractivity contribution in [3.63, 3.8) is 0 Å². The molecular weight excluding hydrogens is 343 g/mol. The van der Waals surface area contributed by atoms with Gasteiger partial charge in [0.05, 0.1) is 0 Å². The number of aromatic nitrogens is 1. The van der Waals surface area contributed by atoms with Gasteiger partial charge in [-0.1, -0.05) is 41.4 Å². The molecule has 0 fully saturated rings. The SMILES string of the molecule is CNC(=S)NNC(=O)c1ccccc1-c1cc(Cl)nc(Cl)c1. The van der Waals surface area contributed by atoms with E-state index in [1.165, 1.54) is 0 Å². The van der Waals surface area contributed by atoms with Crippen molar-refractivity contribution in [1.82, 2.24) is 21.2 Å². The third kappa shape index (κ3) is 4.07. The summed E-state index contributed by atoms with van der Waals surface area (Å²) in [4.78, 5) is 16.2. The van der Waals surface area contributed by atoms with Crippen molar-refractivity contribution in [2.75, 3.05) is 7.05 Å². The van der Waals surface area contributed by atoms with Gasteiger partial charge in [0.1, 0.15) is 10.3 Å². The molecule has 0 unspecified atom stereocenters. The number of hydrogen-bond acceptors (Lipinski definition) is 3. The summed E-state index contributed by atoms with van der Waals surface area (Å²) >= 11 is 16.7. The first-order valence-electron chi connectivity index (χ1n) is 6.22. The van der Waals surface area contributed by atoms with E-state index in [4.69, 9.17) is 35.4 Å². The van der Waals surface area contributed by atoms with Crippen molar-refractivity contribution in [1.29, 1.82) is 0 Å². The third-order valence-corrected chi connectivity index (χ3v) is 3.46. The van der Waals surface area contributed by atoms with E-state index in [0.717, 1.165) is 0 Å². The van der Waals surface area contributed by atoms with Crippen LogP contribution in [0.2, 0.25) is 10.3 Å². The molecule has 1 amide bonds. The molecule has 0 aliphatic carbocycles. The molecule has 0 spiro atoms. The van der Waals surface area contributed by atoms with Crippen molar-refractivity contribution >= 4 is 46.4 Å². The van der Waals surface area contributed by atoms with E-state index >= 15 is 0 Å².